The van der Waals surface area contributed by atoms with E-state index < -0.39 is 5.82 Å². The lowest BCUT2D eigenvalue weighted by atomic mass is 10.0. The topological polar surface area (TPSA) is 26.3 Å². The van der Waals surface area contributed by atoms with E-state index in [-0.39, 0.29) is 28.5 Å². The molecular formula is C9H6ClFO2. The number of carbonyl (C=O) groups excluding carboxylic acids is 1. The zero-order chi connectivity index (χ0) is 9.42. The molecule has 0 radical (unpaired) electrons. The number of ketones is 1. The van der Waals surface area contributed by atoms with Crippen LogP contribution in [0.5, 0.6) is 5.75 Å². The van der Waals surface area contributed by atoms with Crippen LogP contribution in [0.1, 0.15) is 16.8 Å². The van der Waals surface area contributed by atoms with Crippen LogP contribution in [0.15, 0.2) is 12.1 Å². The van der Waals surface area contributed by atoms with Crippen LogP contribution in [0.25, 0.3) is 0 Å². The van der Waals surface area contributed by atoms with Gasteiger partial charge < -0.3 is 4.74 Å². The van der Waals surface area contributed by atoms with Gasteiger partial charge in [-0.25, -0.2) is 4.39 Å². The van der Waals surface area contributed by atoms with Gasteiger partial charge in [-0.1, -0.05) is 11.6 Å². The molecule has 0 fully saturated rings. The van der Waals surface area contributed by atoms with E-state index in [0.29, 0.717) is 6.61 Å². The molecule has 1 aliphatic rings. The largest absolute Gasteiger partial charge is 0.492 e. The number of halogens is 2. The maximum absolute atomic E-state index is 13.2. The second-order valence-corrected chi connectivity index (χ2v) is 3.22. The SMILES string of the molecule is O=C1CCOc2cc(Cl)cc(F)c21. The van der Waals surface area contributed by atoms with Gasteiger partial charge in [-0.3, -0.25) is 4.79 Å². The number of ether oxygens (including phenoxy) is 1. The van der Waals surface area contributed by atoms with Crippen LogP contribution in [-0.4, -0.2) is 12.4 Å². The van der Waals surface area contributed by atoms with Crippen LogP contribution in [-0.2, 0) is 0 Å². The Bertz CT molecular complexity index is 376. The third-order valence-electron chi connectivity index (χ3n) is 1.88. The van der Waals surface area contributed by atoms with Gasteiger partial charge in [0.2, 0.25) is 0 Å². The van der Waals surface area contributed by atoms with Gasteiger partial charge in [0, 0.05) is 11.4 Å². The molecule has 2 rings (SSSR count). The highest BCUT2D eigenvalue weighted by Crippen LogP contribution is 2.30. The molecule has 0 aliphatic carbocycles. The van der Waals surface area contributed by atoms with E-state index in [1.807, 2.05) is 0 Å². The Morgan fingerprint density at radius 1 is 1.46 bits per heavy atom. The van der Waals surface area contributed by atoms with E-state index in [9.17, 15) is 9.18 Å². The summed E-state index contributed by atoms with van der Waals surface area (Å²) in [4.78, 5) is 11.3. The van der Waals surface area contributed by atoms with Gasteiger partial charge in [-0.2, -0.15) is 0 Å². The summed E-state index contributed by atoms with van der Waals surface area (Å²) in [7, 11) is 0. The number of hydrogen-bond acceptors (Lipinski definition) is 2. The molecule has 4 heteroatoms. The van der Waals surface area contributed by atoms with Crippen molar-refractivity contribution in [3.63, 3.8) is 0 Å². The van der Waals surface area contributed by atoms with Crippen molar-refractivity contribution in [3.05, 3.63) is 28.5 Å². The summed E-state index contributed by atoms with van der Waals surface area (Å²) in [5.74, 6) is -0.580. The quantitative estimate of drug-likeness (QED) is 0.643. The average Bonchev–Trinajstić information content (AvgIpc) is 2.02. The van der Waals surface area contributed by atoms with Crippen molar-refractivity contribution in [2.45, 2.75) is 6.42 Å². The van der Waals surface area contributed by atoms with Crippen molar-refractivity contribution in [2.75, 3.05) is 6.61 Å². The molecular weight excluding hydrogens is 195 g/mol. The Labute approximate surface area is 79.3 Å². The molecule has 0 atom stereocenters. The number of fused-ring (bicyclic) bond motifs is 1. The van der Waals surface area contributed by atoms with Crippen LogP contribution in [0, 0.1) is 5.82 Å². The third kappa shape index (κ3) is 1.40. The normalized spacial score (nSPS) is 15.1. The fraction of sp³-hybridized carbons (Fsp3) is 0.222. The van der Waals surface area contributed by atoms with E-state index in [4.69, 9.17) is 16.3 Å². The van der Waals surface area contributed by atoms with Crippen molar-refractivity contribution in [1.29, 1.82) is 0 Å². The monoisotopic (exact) mass is 200 g/mol. The summed E-state index contributed by atoms with van der Waals surface area (Å²) in [5.41, 5.74) is 0.0238. The summed E-state index contributed by atoms with van der Waals surface area (Å²) in [6.07, 6.45) is 0.228. The van der Waals surface area contributed by atoms with Crippen molar-refractivity contribution in [1.82, 2.24) is 0 Å². The fourth-order valence-corrected chi connectivity index (χ4v) is 1.51. The molecule has 0 saturated carbocycles. The standard InChI is InChI=1S/C9H6ClFO2/c10-5-3-6(11)9-7(12)1-2-13-8(9)4-5/h3-4H,1-2H2. The van der Waals surface area contributed by atoms with Gasteiger partial charge in [-0.05, 0) is 12.1 Å². The van der Waals surface area contributed by atoms with Gasteiger partial charge in [0.15, 0.2) is 5.78 Å². The molecule has 68 valence electrons. The van der Waals surface area contributed by atoms with Crippen LogP contribution in [0.4, 0.5) is 4.39 Å². The van der Waals surface area contributed by atoms with Crippen LogP contribution in [0.3, 0.4) is 0 Å². The first-order chi connectivity index (χ1) is 6.18. The third-order valence-corrected chi connectivity index (χ3v) is 2.10. The molecule has 2 nitrogen and oxygen atoms in total. The summed E-state index contributed by atoms with van der Waals surface area (Å²) >= 11 is 5.60. The molecule has 13 heavy (non-hydrogen) atoms. The Morgan fingerprint density at radius 2 is 2.23 bits per heavy atom. The molecule has 0 saturated heterocycles. The van der Waals surface area contributed by atoms with Gasteiger partial charge in [0.05, 0.1) is 12.2 Å². The summed E-state index contributed by atoms with van der Waals surface area (Å²) < 4.78 is 18.3. The second kappa shape index (κ2) is 3.00. The zero-order valence-electron chi connectivity index (χ0n) is 6.64. The lowest BCUT2D eigenvalue weighted by molar-refractivity contribution is 0.0928. The first kappa shape index (κ1) is 8.51. The van der Waals surface area contributed by atoms with Crippen molar-refractivity contribution >= 4 is 17.4 Å². The minimum atomic E-state index is -0.604. The first-order valence-electron chi connectivity index (χ1n) is 3.83. The van der Waals surface area contributed by atoms with E-state index in [1.165, 1.54) is 6.07 Å². The van der Waals surface area contributed by atoms with Crippen molar-refractivity contribution < 1.29 is 13.9 Å². The molecule has 1 aromatic carbocycles. The van der Waals surface area contributed by atoms with Gasteiger partial charge in [0.25, 0.3) is 0 Å². The Kier molecular flexibility index (Phi) is 1.96. The van der Waals surface area contributed by atoms with Crippen molar-refractivity contribution in [3.8, 4) is 5.75 Å². The molecule has 0 spiro atoms. The average molecular weight is 201 g/mol. The van der Waals surface area contributed by atoms with Crippen LogP contribution >= 0.6 is 11.6 Å². The van der Waals surface area contributed by atoms with Gasteiger partial charge in [0.1, 0.15) is 11.6 Å². The molecule has 0 bridgehead atoms. The molecule has 0 N–H and O–H groups in total. The predicted molar refractivity (Wildman–Crippen MR) is 45.9 cm³/mol. The lowest BCUT2D eigenvalue weighted by Gasteiger charge is -2.16. The number of Topliss-reactive ketones (excluding diaryl/α,β-unsaturated/α-hetero) is 1. The molecule has 0 unspecified atom stereocenters. The molecule has 1 aromatic rings. The summed E-state index contributed by atoms with van der Waals surface area (Å²) in [6, 6.07) is 2.57. The maximum Gasteiger partial charge on any atom is 0.172 e. The predicted octanol–water partition coefficient (Wildman–Crippen LogP) is 2.44. The zero-order valence-corrected chi connectivity index (χ0v) is 7.40. The molecule has 1 heterocycles. The Hall–Kier alpha value is -1.09. The van der Waals surface area contributed by atoms with E-state index in [1.54, 1.807) is 0 Å². The van der Waals surface area contributed by atoms with Crippen molar-refractivity contribution in [2.24, 2.45) is 0 Å². The number of rotatable bonds is 0. The Morgan fingerprint density at radius 3 is 3.00 bits per heavy atom. The van der Waals surface area contributed by atoms with E-state index in [0.717, 1.165) is 6.07 Å². The van der Waals surface area contributed by atoms with Crippen LogP contribution < -0.4 is 4.74 Å². The first-order valence-corrected chi connectivity index (χ1v) is 4.21. The smallest absolute Gasteiger partial charge is 0.172 e. The van der Waals surface area contributed by atoms with Gasteiger partial charge >= 0.3 is 0 Å². The number of hydrogen-bond donors (Lipinski definition) is 0. The van der Waals surface area contributed by atoms with Gasteiger partial charge in [-0.15, -0.1) is 0 Å². The highest BCUT2D eigenvalue weighted by molar-refractivity contribution is 6.31. The maximum atomic E-state index is 13.2. The minimum absolute atomic E-state index is 0.0238. The molecule has 1 aliphatic heterocycles. The van der Waals surface area contributed by atoms with E-state index in [2.05, 4.69) is 0 Å². The second-order valence-electron chi connectivity index (χ2n) is 2.78. The number of benzene rings is 1. The highest BCUT2D eigenvalue weighted by atomic mass is 35.5. The molecule has 0 amide bonds. The molecule has 0 aromatic heterocycles. The summed E-state index contributed by atoms with van der Waals surface area (Å²) in [5, 5.41) is 0.242. The number of carbonyl (C=O) groups is 1. The lowest BCUT2D eigenvalue weighted by Crippen LogP contribution is -2.16. The van der Waals surface area contributed by atoms with E-state index >= 15 is 0 Å². The summed E-state index contributed by atoms with van der Waals surface area (Å²) in [6.45, 7) is 0.297. The van der Waals surface area contributed by atoms with Crippen LogP contribution in [0.2, 0.25) is 5.02 Å². The minimum Gasteiger partial charge on any atom is -0.492 e. The highest BCUT2D eigenvalue weighted by Gasteiger charge is 2.22. The Balaban J connectivity index is 2.63. The fourth-order valence-electron chi connectivity index (χ4n) is 1.31.